The van der Waals surface area contributed by atoms with Crippen LogP contribution in [0.5, 0.6) is 0 Å². The van der Waals surface area contributed by atoms with Crippen molar-refractivity contribution in [2.24, 2.45) is 7.05 Å². The molecule has 0 aliphatic rings. The number of rotatable bonds is 2. The maximum absolute atomic E-state index is 5.96. The van der Waals surface area contributed by atoms with Gasteiger partial charge in [0.1, 0.15) is 11.8 Å². The lowest BCUT2D eigenvalue weighted by Crippen LogP contribution is -1.98. The summed E-state index contributed by atoms with van der Waals surface area (Å²) >= 11 is 5.96. The third kappa shape index (κ3) is 1.91. The van der Waals surface area contributed by atoms with Crippen LogP contribution in [0, 0.1) is 0 Å². The number of nitrogens with zero attached hydrogens (tertiary/aromatic N) is 3. The van der Waals surface area contributed by atoms with Gasteiger partial charge in [-0.3, -0.25) is 0 Å². The fourth-order valence-corrected chi connectivity index (χ4v) is 2.10. The number of hydrogen-bond donors (Lipinski definition) is 1. The van der Waals surface area contributed by atoms with E-state index in [1.807, 2.05) is 48.1 Å². The first kappa shape index (κ1) is 11.0. The summed E-state index contributed by atoms with van der Waals surface area (Å²) in [4.78, 5) is 8.50. The van der Waals surface area contributed by atoms with Crippen molar-refractivity contribution in [3.8, 4) is 0 Å². The minimum atomic E-state index is 0.692. The van der Waals surface area contributed by atoms with Crippen LogP contribution in [-0.4, -0.2) is 14.5 Å². The normalized spacial score (nSPS) is 10.8. The molecule has 1 aromatic carbocycles. The van der Waals surface area contributed by atoms with Crippen molar-refractivity contribution in [1.29, 1.82) is 0 Å². The first-order valence-electron chi connectivity index (χ1n) is 5.52. The zero-order valence-corrected chi connectivity index (χ0v) is 10.5. The Morgan fingerprint density at radius 1 is 1.22 bits per heavy atom. The number of nitrogens with one attached hydrogen (secondary N) is 1. The fraction of sp³-hybridized carbons (Fsp3) is 0.0769. The van der Waals surface area contributed by atoms with Gasteiger partial charge in [0, 0.05) is 24.0 Å². The van der Waals surface area contributed by atoms with E-state index in [0.29, 0.717) is 5.02 Å². The molecule has 90 valence electrons. The van der Waals surface area contributed by atoms with Gasteiger partial charge in [0.15, 0.2) is 5.82 Å². The van der Waals surface area contributed by atoms with E-state index in [1.165, 1.54) is 0 Å². The molecule has 5 heteroatoms. The summed E-state index contributed by atoms with van der Waals surface area (Å²) in [6.45, 7) is 0. The molecule has 0 aliphatic heterocycles. The van der Waals surface area contributed by atoms with Crippen molar-refractivity contribution >= 4 is 34.1 Å². The van der Waals surface area contributed by atoms with Crippen LogP contribution in [-0.2, 0) is 7.05 Å². The number of aryl methyl sites for hydroxylation is 1. The lowest BCUT2D eigenvalue weighted by molar-refractivity contribution is 0.964. The molecule has 4 nitrogen and oxygen atoms in total. The van der Waals surface area contributed by atoms with Crippen molar-refractivity contribution in [3.05, 3.63) is 47.9 Å². The Morgan fingerprint density at radius 2 is 2.11 bits per heavy atom. The molecule has 3 rings (SSSR count). The van der Waals surface area contributed by atoms with E-state index in [9.17, 15) is 0 Å². The molecule has 0 saturated heterocycles. The molecule has 0 fully saturated rings. The number of aromatic nitrogens is 3. The predicted molar refractivity (Wildman–Crippen MR) is 73.2 cm³/mol. The molecule has 0 atom stereocenters. The summed E-state index contributed by atoms with van der Waals surface area (Å²) in [7, 11) is 1.97. The number of anilines is 2. The zero-order chi connectivity index (χ0) is 12.5. The Bertz CT molecular complexity index is 705. The van der Waals surface area contributed by atoms with Crippen molar-refractivity contribution in [3.63, 3.8) is 0 Å². The molecule has 0 aliphatic carbocycles. The van der Waals surface area contributed by atoms with Gasteiger partial charge in [-0.05, 0) is 24.3 Å². The van der Waals surface area contributed by atoms with Crippen LogP contribution in [0.1, 0.15) is 0 Å². The number of fused-ring (bicyclic) bond motifs is 1. The van der Waals surface area contributed by atoms with E-state index in [0.717, 1.165) is 22.5 Å². The SMILES string of the molecule is Cn1ccc2ncnc(Nc3cccc(Cl)c3)c21. The number of hydrogen-bond acceptors (Lipinski definition) is 3. The zero-order valence-electron chi connectivity index (χ0n) is 9.76. The van der Waals surface area contributed by atoms with E-state index >= 15 is 0 Å². The van der Waals surface area contributed by atoms with Crippen molar-refractivity contribution in [2.75, 3.05) is 5.32 Å². The van der Waals surface area contributed by atoms with E-state index in [-0.39, 0.29) is 0 Å². The van der Waals surface area contributed by atoms with E-state index in [1.54, 1.807) is 6.33 Å². The van der Waals surface area contributed by atoms with Crippen LogP contribution in [0.2, 0.25) is 5.02 Å². The standard InChI is InChI=1S/C13H11ClN4/c1-18-6-5-11-12(18)13(16-8-15-11)17-10-4-2-3-9(14)7-10/h2-8H,1H3,(H,15,16,17). The maximum Gasteiger partial charge on any atom is 0.158 e. The van der Waals surface area contributed by atoms with Crippen LogP contribution < -0.4 is 5.32 Å². The second-order valence-corrected chi connectivity index (χ2v) is 4.45. The maximum atomic E-state index is 5.96. The minimum Gasteiger partial charge on any atom is -0.346 e. The third-order valence-electron chi connectivity index (χ3n) is 2.75. The van der Waals surface area contributed by atoms with Crippen molar-refractivity contribution < 1.29 is 0 Å². The quantitative estimate of drug-likeness (QED) is 0.766. The second-order valence-electron chi connectivity index (χ2n) is 4.02. The van der Waals surface area contributed by atoms with Gasteiger partial charge in [0.05, 0.1) is 5.52 Å². The predicted octanol–water partition coefficient (Wildman–Crippen LogP) is 3.37. The lowest BCUT2D eigenvalue weighted by atomic mass is 10.3. The molecule has 0 saturated carbocycles. The van der Waals surface area contributed by atoms with Gasteiger partial charge in [-0.1, -0.05) is 17.7 Å². The van der Waals surface area contributed by atoms with Crippen molar-refractivity contribution in [1.82, 2.24) is 14.5 Å². The molecule has 2 heterocycles. The van der Waals surface area contributed by atoms with Gasteiger partial charge in [0.25, 0.3) is 0 Å². The molecule has 18 heavy (non-hydrogen) atoms. The van der Waals surface area contributed by atoms with Gasteiger partial charge < -0.3 is 9.88 Å². The number of halogens is 1. The highest BCUT2D eigenvalue weighted by atomic mass is 35.5. The second kappa shape index (κ2) is 4.31. The average molecular weight is 259 g/mol. The molecule has 1 N–H and O–H groups in total. The van der Waals surface area contributed by atoms with E-state index < -0.39 is 0 Å². The number of benzene rings is 1. The monoisotopic (exact) mass is 258 g/mol. The van der Waals surface area contributed by atoms with Crippen molar-refractivity contribution in [2.45, 2.75) is 0 Å². The molecular formula is C13H11ClN4. The van der Waals surface area contributed by atoms with Crippen LogP contribution in [0.15, 0.2) is 42.9 Å². The summed E-state index contributed by atoms with van der Waals surface area (Å²) < 4.78 is 1.99. The van der Waals surface area contributed by atoms with Crippen LogP contribution in [0.4, 0.5) is 11.5 Å². The Labute approximate surface area is 109 Å². The van der Waals surface area contributed by atoms with E-state index in [2.05, 4.69) is 15.3 Å². The first-order chi connectivity index (χ1) is 8.74. The van der Waals surface area contributed by atoms with E-state index in [4.69, 9.17) is 11.6 Å². The Balaban J connectivity index is 2.07. The molecule has 0 radical (unpaired) electrons. The molecule has 0 amide bonds. The highest BCUT2D eigenvalue weighted by Crippen LogP contribution is 2.24. The largest absolute Gasteiger partial charge is 0.346 e. The summed E-state index contributed by atoms with van der Waals surface area (Å²) in [6, 6.07) is 9.50. The smallest absolute Gasteiger partial charge is 0.158 e. The van der Waals surface area contributed by atoms with Crippen LogP contribution in [0.25, 0.3) is 11.0 Å². The lowest BCUT2D eigenvalue weighted by Gasteiger charge is -2.08. The Morgan fingerprint density at radius 3 is 2.94 bits per heavy atom. The molecule has 0 bridgehead atoms. The van der Waals surface area contributed by atoms with Gasteiger partial charge in [-0.2, -0.15) is 0 Å². The van der Waals surface area contributed by atoms with Gasteiger partial charge in [-0.25, -0.2) is 9.97 Å². The van der Waals surface area contributed by atoms with Crippen LogP contribution >= 0.6 is 11.6 Å². The summed E-state index contributed by atoms with van der Waals surface area (Å²) in [5, 5.41) is 3.95. The summed E-state index contributed by atoms with van der Waals surface area (Å²) in [6.07, 6.45) is 3.51. The van der Waals surface area contributed by atoms with Gasteiger partial charge in [0.2, 0.25) is 0 Å². The molecule has 2 aromatic heterocycles. The minimum absolute atomic E-state index is 0.692. The molecule has 0 spiro atoms. The Kier molecular flexibility index (Phi) is 2.64. The highest BCUT2D eigenvalue weighted by molar-refractivity contribution is 6.30. The van der Waals surface area contributed by atoms with Crippen LogP contribution in [0.3, 0.4) is 0 Å². The molecular weight excluding hydrogens is 248 g/mol. The topological polar surface area (TPSA) is 42.7 Å². The molecule has 3 aromatic rings. The average Bonchev–Trinajstić information content (AvgIpc) is 2.72. The Hall–Kier alpha value is -2.07. The third-order valence-corrected chi connectivity index (χ3v) is 2.98. The first-order valence-corrected chi connectivity index (χ1v) is 5.90. The highest BCUT2D eigenvalue weighted by Gasteiger charge is 2.07. The fourth-order valence-electron chi connectivity index (χ4n) is 1.91. The summed E-state index contributed by atoms with van der Waals surface area (Å²) in [5.41, 5.74) is 2.79. The summed E-state index contributed by atoms with van der Waals surface area (Å²) in [5.74, 6) is 0.773. The van der Waals surface area contributed by atoms with Gasteiger partial charge >= 0.3 is 0 Å². The molecule has 0 unspecified atom stereocenters. The van der Waals surface area contributed by atoms with Gasteiger partial charge in [-0.15, -0.1) is 0 Å².